The van der Waals surface area contributed by atoms with Gasteiger partial charge < -0.3 is 14.5 Å². The van der Waals surface area contributed by atoms with E-state index in [1.807, 2.05) is 15.9 Å². The minimum absolute atomic E-state index is 0.0638. The van der Waals surface area contributed by atoms with Crippen LogP contribution in [0, 0.1) is 11.3 Å². The summed E-state index contributed by atoms with van der Waals surface area (Å²) in [6, 6.07) is 2.23. The summed E-state index contributed by atoms with van der Waals surface area (Å²) in [6.07, 6.45) is 9.69. The number of carbonyl (C=O) groups is 1. The van der Waals surface area contributed by atoms with Crippen molar-refractivity contribution >= 4 is 18.5 Å². The van der Waals surface area contributed by atoms with Crippen LogP contribution in [0.2, 0.25) is 0 Å². The molecule has 1 unspecified atom stereocenters. The zero-order chi connectivity index (χ0) is 22.0. The Morgan fingerprint density at radius 2 is 2.03 bits per heavy atom. The maximum atomic E-state index is 13.6. The number of rotatable bonds is 5. The molecule has 0 aromatic heterocycles. The van der Waals surface area contributed by atoms with Crippen molar-refractivity contribution in [3.8, 4) is 6.07 Å². The molecule has 166 valence electrons. The number of methoxy groups -OCH3 is 1. The zero-order valence-corrected chi connectivity index (χ0v) is 18.8. The summed E-state index contributed by atoms with van der Waals surface area (Å²) < 4.78 is 5.59. The highest BCUT2D eigenvalue weighted by atomic mass is 16.5. The van der Waals surface area contributed by atoms with Crippen molar-refractivity contribution in [2.24, 2.45) is 9.98 Å². The van der Waals surface area contributed by atoms with Gasteiger partial charge in [-0.15, -0.1) is 0 Å². The van der Waals surface area contributed by atoms with Crippen molar-refractivity contribution in [2.45, 2.75) is 57.2 Å². The Bertz CT molecular complexity index is 875. The number of piperidine rings is 1. The minimum atomic E-state index is -0.555. The van der Waals surface area contributed by atoms with E-state index < -0.39 is 5.54 Å². The zero-order valence-electron chi connectivity index (χ0n) is 18.8. The third kappa shape index (κ3) is 4.04. The first-order valence-corrected chi connectivity index (χ1v) is 11.2. The fraction of sp³-hybridized carbons (Fsp3) is 0.652. The lowest BCUT2D eigenvalue weighted by atomic mass is 9.91. The van der Waals surface area contributed by atoms with Crippen LogP contribution in [0.3, 0.4) is 0 Å². The van der Waals surface area contributed by atoms with Gasteiger partial charge in [0.1, 0.15) is 17.7 Å². The highest BCUT2D eigenvalue weighted by Gasteiger charge is 2.44. The van der Waals surface area contributed by atoms with Gasteiger partial charge in [-0.1, -0.05) is 0 Å². The maximum absolute atomic E-state index is 13.6. The van der Waals surface area contributed by atoms with Crippen LogP contribution in [0.15, 0.2) is 33.0 Å². The van der Waals surface area contributed by atoms with Crippen LogP contribution in [0.1, 0.15) is 39.5 Å². The summed E-state index contributed by atoms with van der Waals surface area (Å²) in [6.45, 7) is 7.81. The number of carbonyl (C=O) groups excluding carboxylic acids is 1. The number of dihydropyridines is 1. The highest BCUT2D eigenvalue weighted by molar-refractivity contribution is 5.99. The Morgan fingerprint density at radius 3 is 2.71 bits per heavy atom. The number of fused-ring (bicyclic) bond motifs is 1. The molecule has 0 bridgehead atoms. The van der Waals surface area contributed by atoms with E-state index in [4.69, 9.17) is 4.74 Å². The standard InChI is InChI=1S/C23H32N6O2/c1-23(2,28-12-8-17(15-28)31-3)21(29-16-26-19-14-25-9-7-20(19)29)18(13-24)22(30)27-10-5-4-6-11-27/h7,9,16-17,19H,4-6,8,10-12,14-15H2,1-3H3/t17-,19?/m0/s1. The molecule has 0 saturated carbocycles. The average Bonchev–Trinajstić information content (AvgIpc) is 3.45. The molecule has 8 nitrogen and oxygen atoms in total. The largest absolute Gasteiger partial charge is 0.380 e. The number of aliphatic imine (C=N–C) groups is 2. The molecule has 0 radical (unpaired) electrons. The van der Waals surface area contributed by atoms with Gasteiger partial charge in [0, 0.05) is 39.5 Å². The fourth-order valence-corrected chi connectivity index (χ4v) is 5.02. The van der Waals surface area contributed by atoms with Gasteiger partial charge >= 0.3 is 0 Å². The van der Waals surface area contributed by atoms with Crippen molar-refractivity contribution in [3.63, 3.8) is 0 Å². The van der Waals surface area contributed by atoms with E-state index in [1.165, 1.54) is 0 Å². The van der Waals surface area contributed by atoms with Gasteiger partial charge in [-0.3, -0.25) is 19.7 Å². The lowest BCUT2D eigenvalue weighted by Gasteiger charge is -2.42. The molecule has 2 fully saturated rings. The highest BCUT2D eigenvalue weighted by Crippen LogP contribution is 2.37. The number of nitriles is 1. The number of hydrogen-bond acceptors (Lipinski definition) is 7. The molecule has 31 heavy (non-hydrogen) atoms. The first-order valence-electron chi connectivity index (χ1n) is 11.2. The average molecular weight is 425 g/mol. The maximum Gasteiger partial charge on any atom is 0.266 e. The summed E-state index contributed by atoms with van der Waals surface area (Å²) in [4.78, 5) is 28.6. The van der Waals surface area contributed by atoms with E-state index in [2.05, 4.69) is 34.8 Å². The monoisotopic (exact) mass is 424 g/mol. The van der Waals surface area contributed by atoms with Crippen LogP contribution in [0.4, 0.5) is 0 Å². The summed E-state index contributed by atoms with van der Waals surface area (Å²) in [5.41, 5.74) is 1.33. The second kappa shape index (κ2) is 8.93. The van der Waals surface area contributed by atoms with Gasteiger partial charge in [-0.05, 0) is 45.6 Å². The Labute approximate surface area is 184 Å². The molecular weight excluding hydrogens is 392 g/mol. The Balaban J connectivity index is 1.78. The van der Waals surface area contributed by atoms with Crippen LogP contribution in [-0.4, -0.2) is 90.7 Å². The van der Waals surface area contributed by atoms with Crippen LogP contribution in [0.5, 0.6) is 0 Å². The SMILES string of the molecule is CO[C@H]1CCN(C(C)(C)C(=C(C#N)C(=O)N2CCCCC2)N2C=NC3CN=CC=C32)C1. The second-order valence-electron chi connectivity index (χ2n) is 9.10. The van der Waals surface area contributed by atoms with E-state index in [0.29, 0.717) is 25.3 Å². The van der Waals surface area contributed by atoms with Gasteiger partial charge in [0.25, 0.3) is 5.91 Å². The van der Waals surface area contributed by atoms with E-state index in [1.54, 1.807) is 19.7 Å². The van der Waals surface area contributed by atoms with Crippen LogP contribution in [0.25, 0.3) is 0 Å². The van der Waals surface area contributed by atoms with Crippen molar-refractivity contribution in [1.29, 1.82) is 5.26 Å². The molecule has 0 aliphatic carbocycles. The van der Waals surface area contributed by atoms with Crippen LogP contribution < -0.4 is 0 Å². The van der Waals surface area contributed by atoms with Crippen molar-refractivity contribution < 1.29 is 9.53 Å². The summed E-state index contributed by atoms with van der Waals surface area (Å²) in [5, 5.41) is 10.2. The van der Waals surface area contributed by atoms with Gasteiger partial charge in [0.2, 0.25) is 0 Å². The Kier molecular flexibility index (Phi) is 6.26. The molecule has 4 aliphatic heterocycles. The number of amides is 1. The van der Waals surface area contributed by atoms with Gasteiger partial charge in [0.15, 0.2) is 0 Å². The molecule has 2 saturated heterocycles. The number of allylic oxidation sites excluding steroid dienone is 1. The quantitative estimate of drug-likeness (QED) is 0.498. The molecule has 8 heteroatoms. The summed E-state index contributed by atoms with van der Waals surface area (Å²) in [5.74, 6) is -0.172. The van der Waals surface area contributed by atoms with E-state index in [-0.39, 0.29) is 23.6 Å². The van der Waals surface area contributed by atoms with Crippen LogP contribution in [-0.2, 0) is 9.53 Å². The molecule has 0 aromatic rings. The molecule has 0 spiro atoms. The van der Waals surface area contributed by atoms with Crippen molar-refractivity contribution in [3.05, 3.63) is 23.0 Å². The summed E-state index contributed by atoms with van der Waals surface area (Å²) in [7, 11) is 1.74. The molecule has 1 amide bonds. The second-order valence-corrected chi connectivity index (χ2v) is 9.10. The molecule has 4 heterocycles. The third-order valence-corrected chi connectivity index (χ3v) is 6.91. The van der Waals surface area contributed by atoms with E-state index in [9.17, 15) is 10.1 Å². The number of nitrogens with zero attached hydrogens (tertiary/aromatic N) is 6. The molecule has 2 atom stereocenters. The first-order chi connectivity index (χ1) is 15.0. The first kappa shape index (κ1) is 21.7. The number of ether oxygens (including phenoxy) is 1. The van der Waals surface area contributed by atoms with Crippen molar-refractivity contribution in [1.82, 2.24) is 14.7 Å². The van der Waals surface area contributed by atoms with E-state index in [0.717, 1.165) is 44.5 Å². The lowest BCUT2D eigenvalue weighted by molar-refractivity contribution is -0.127. The Morgan fingerprint density at radius 1 is 1.26 bits per heavy atom. The number of hydrogen-bond donors (Lipinski definition) is 0. The normalized spacial score (nSPS) is 27.1. The number of likely N-dealkylation sites (tertiary alicyclic amines) is 2. The molecular formula is C23H32N6O2. The topological polar surface area (TPSA) is 84.5 Å². The lowest BCUT2D eigenvalue weighted by Crippen LogP contribution is -2.50. The smallest absolute Gasteiger partial charge is 0.266 e. The molecule has 4 aliphatic rings. The van der Waals surface area contributed by atoms with Gasteiger partial charge in [-0.2, -0.15) is 5.26 Å². The minimum Gasteiger partial charge on any atom is -0.380 e. The molecule has 0 N–H and O–H groups in total. The Hall–Kier alpha value is -2.50. The fourth-order valence-electron chi connectivity index (χ4n) is 5.02. The summed E-state index contributed by atoms with van der Waals surface area (Å²) >= 11 is 0. The predicted molar refractivity (Wildman–Crippen MR) is 120 cm³/mol. The molecule has 0 aromatic carbocycles. The van der Waals surface area contributed by atoms with Crippen molar-refractivity contribution in [2.75, 3.05) is 39.8 Å². The van der Waals surface area contributed by atoms with Gasteiger partial charge in [0.05, 0.1) is 35.9 Å². The predicted octanol–water partition coefficient (Wildman–Crippen LogP) is 1.96. The van der Waals surface area contributed by atoms with E-state index >= 15 is 0 Å². The van der Waals surface area contributed by atoms with Gasteiger partial charge in [-0.25, -0.2) is 0 Å². The molecule has 4 rings (SSSR count). The van der Waals surface area contributed by atoms with Crippen LogP contribution >= 0.6 is 0 Å². The third-order valence-electron chi connectivity index (χ3n) is 6.91.